The number of hydrogen-bond acceptors (Lipinski definition) is 6. The Bertz CT molecular complexity index is 1060. The number of halogens is 2. The minimum absolute atomic E-state index is 0.267. The summed E-state index contributed by atoms with van der Waals surface area (Å²) in [5.74, 6) is 0.907. The molecular formula is C19H22BrClN6O. The van der Waals surface area contributed by atoms with Gasteiger partial charge >= 0.3 is 0 Å². The third kappa shape index (κ3) is 2.98. The molecule has 3 unspecified atom stereocenters. The van der Waals surface area contributed by atoms with E-state index >= 15 is 0 Å². The lowest BCUT2D eigenvalue weighted by molar-refractivity contribution is 0.111. The molecule has 2 aliphatic heterocycles. The van der Waals surface area contributed by atoms with Crippen LogP contribution >= 0.6 is 27.5 Å². The number of fused-ring (bicyclic) bond motifs is 5. The molecule has 3 atom stereocenters. The molecule has 1 N–H and O–H groups in total. The van der Waals surface area contributed by atoms with Gasteiger partial charge in [-0.05, 0) is 53.4 Å². The molecule has 0 spiro atoms. The van der Waals surface area contributed by atoms with Crippen molar-refractivity contribution in [3.05, 3.63) is 22.0 Å². The number of aliphatic hydroxyl groups excluding tert-OH is 1. The van der Waals surface area contributed by atoms with E-state index in [1.807, 2.05) is 30.9 Å². The Hall–Kier alpha value is -1.48. The van der Waals surface area contributed by atoms with E-state index in [4.69, 9.17) is 16.6 Å². The normalized spacial score (nSPS) is 23.8. The van der Waals surface area contributed by atoms with Crippen LogP contribution in [0.1, 0.15) is 19.8 Å². The molecule has 2 aliphatic rings. The van der Waals surface area contributed by atoms with Gasteiger partial charge in [0.15, 0.2) is 0 Å². The molecule has 2 saturated heterocycles. The second-order valence-corrected chi connectivity index (χ2v) is 9.19. The molecule has 0 radical (unpaired) electrons. The standard InChI is InChI=1S/C19H22BrClN6O/c1-10(28)6-26-7-11-3-4-12(8-26)27(11)18-16-13-9-25(2)24-17(13)14(20)5-15(16)22-19(21)23-18/h5,9-12,28H,3-4,6-8H2,1-2H3. The number of anilines is 1. The average Bonchev–Trinajstić information content (AvgIpc) is 3.11. The van der Waals surface area contributed by atoms with Crippen LogP contribution in [0.15, 0.2) is 16.7 Å². The smallest absolute Gasteiger partial charge is 0.224 e. The van der Waals surface area contributed by atoms with E-state index in [0.717, 1.165) is 58.0 Å². The first-order valence-corrected chi connectivity index (χ1v) is 10.8. The van der Waals surface area contributed by atoms with Crippen molar-refractivity contribution in [1.29, 1.82) is 0 Å². The Morgan fingerprint density at radius 1 is 1.29 bits per heavy atom. The van der Waals surface area contributed by atoms with Crippen LogP contribution in [-0.4, -0.2) is 67.6 Å². The van der Waals surface area contributed by atoms with Crippen LogP contribution in [0.2, 0.25) is 5.28 Å². The maximum atomic E-state index is 9.80. The molecule has 2 aromatic heterocycles. The monoisotopic (exact) mass is 464 g/mol. The van der Waals surface area contributed by atoms with Gasteiger partial charge in [0, 0.05) is 54.8 Å². The zero-order valence-electron chi connectivity index (χ0n) is 15.8. The number of β-amino-alcohol motifs (C(OH)–C–C–N with tert-alkyl or cyclic N) is 1. The van der Waals surface area contributed by atoms with Crippen LogP contribution in [0.25, 0.3) is 21.8 Å². The number of aliphatic hydroxyl groups is 1. The topological polar surface area (TPSA) is 70.3 Å². The largest absolute Gasteiger partial charge is 0.392 e. The molecule has 28 heavy (non-hydrogen) atoms. The van der Waals surface area contributed by atoms with Gasteiger partial charge in [-0.25, -0.2) is 4.98 Å². The summed E-state index contributed by atoms with van der Waals surface area (Å²) in [5.41, 5.74) is 1.73. The number of aryl methyl sites for hydroxylation is 1. The lowest BCUT2D eigenvalue weighted by atomic mass is 10.1. The van der Waals surface area contributed by atoms with Gasteiger partial charge in [-0.1, -0.05) is 0 Å². The predicted molar refractivity (Wildman–Crippen MR) is 114 cm³/mol. The van der Waals surface area contributed by atoms with Gasteiger partial charge in [0.2, 0.25) is 5.28 Å². The van der Waals surface area contributed by atoms with Gasteiger partial charge < -0.3 is 10.0 Å². The van der Waals surface area contributed by atoms with Crippen LogP contribution in [0, 0.1) is 0 Å². The zero-order valence-corrected chi connectivity index (χ0v) is 18.2. The fourth-order valence-electron chi connectivity index (χ4n) is 4.88. The fourth-order valence-corrected chi connectivity index (χ4v) is 5.56. The highest BCUT2D eigenvalue weighted by Gasteiger charge is 2.41. The highest BCUT2D eigenvalue weighted by atomic mass is 79.9. The molecule has 2 fully saturated rings. The van der Waals surface area contributed by atoms with Gasteiger partial charge in [-0.3, -0.25) is 9.58 Å². The van der Waals surface area contributed by atoms with Crippen LogP contribution < -0.4 is 4.90 Å². The number of nitrogens with zero attached hydrogens (tertiary/aromatic N) is 6. The second-order valence-electron chi connectivity index (χ2n) is 7.99. The highest BCUT2D eigenvalue weighted by molar-refractivity contribution is 9.10. The molecule has 2 bridgehead atoms. The first kappa shape index (κ1) is 18.5. The Morgan fingerprint density at radius 3 is 2.68 bits per heavy atom. The van der Waals surface area contributed by atoms with Crippen molar-refractivity contribution in [3.8, 4) is 0 Å². The van der Waals surface area contributed by atoms with E-state index in [-0.39, 0.29) is 11.4 Å². The van der Waals surface area contributed by atoms with Gasteiger partial charge in [0.25, 0.3) is 0 Å². The van der Waals surface area contributed by atoms with Crippen LogP contribution in [0.3, 0.4) is 0 Å². The minimum atomic E-state index is -0.312. The average molecular weight is 466 g/mol. The Morgan fingerprint density at radius 2 is 2.00 bits per heavy atom. The molecule has 148 valence electrons. The minimum Gasteiger partial charge on any atom is -0.392 e. The Balaban J connectivity index is 1.66. The Labute approximate surface area is 176 Å². The molecular weight excluding hydrogens is 444 g/mol. The van der Waals surface area contributed by atoms with E-state index in [1.165, 1.54) is 0 Å². The quantitative estimate of drug-likeness (QED) is 0.600. The molecule has 3 aromatic rings. The SMILES string of the molecule is CC(O)CN1CC2CCC(C1)N2c1nc(Cl)nc2cc(Br)c3nn(C)cc3c12. The first-order chi connectivity index (χ1) is 13.4. The molecule has 0 amide bonds. The number of rotatable bonds is 3. The third-order valence-electron chi connectivity index (χ3n) is 5.80. The number of aromatic nitrogens is 4. The lowest BCUT2D eigenvalue weighted by Gasteiger charge is -2.42. The van der Waals surface area contributed by atoms with Crippen molar-refractivity contribution in [3.63, 3.8) is 0 Å². The summed E-state index contributed by atoms with van der Waals surface area (Å²) >= 11 is 9.96. The van der Waals surface area contributed by atoms with Crippen molar-refractivity contribution >= 4 is 55.2 Å². The van der Waals surface area contributed by atoms with E-state index in [0.29, 0.717) is 18.6 Å². The summed E-state index contributed by atoms with van der Waals surface area (Å²) in [7, 11) is 1.92. The summed E-state index contributed by atoms with van der Waals surface area (Å²) in [6, 6.07) is 2.71. The Kier molecular flexibility index (Phi) is 4.50. The van der Waals surface area contributed by atoms with Crippen molar-refractivity contribution in [2.45, 2.75) is 38.0 Å². The van der Waals surface area contributed by atoms with Gasteiger partial charge in [-0.2, -0.15) is 10.1 Å². The maximum Gasteiger partial charge on any atom is 0.224 e. The van der Waals surface area contributed by atoms with E-state index < -0.39 is 0 Å². The van der Waals surface area contributed by atoms with Crippen molar-refractivity contribution in [2.75, 3.05) is 24.5 Å². The lowest BCUT2D eigenvalue weighted by Crippen LogP contribution is -2.55. The van der Waals surface area contributed by atoms with Crippen molar-refractivity contribution in [1.82, 2.24) is 24.6 Å². The fraction of sp³-hybridized carbons (Fsp3) is 0.526. The third-order valence-corrected chi connectivity index (χ3v) is 6.58. The molecule has 1 aromatic carbocycles. The maximum absolute atomic E-state index is 9.80. The first-order valence-electron chi connectivity index (χ1n) is 9.58. The molecule has 4 heterocycles. The summed E-state index contributed by atoms with van der Waals surface area (Å²) in [5, 5.41) is 16.7. The molecule has 0 aliphatic carbocycles. The molecule has 9 heteroatoms. The van der Waals surface area contributed by atoms with E-state index in [9.17, 15) is 5.11 Å². The number of benzene rings is 1. The second kappa shape index (κ2) is 6.79. The van der Waals surface area contributed by atoms with E-state index in [1.54, 1.807) is 0 Å². The molecule has 5 rings (SSSR count). The van der Waals surface area contributed by atoms with Crippen molar-refractivity contribution < 1.29 is 5.11 Å². The summed E-state index contributed by atoms with van der Waals surface area (Å²) in [6.07, 6.45) is 3.95. The molecule has 0 saturated carbocycles. The van der Waals surface area contributed by atoms with Gasteiger partial charge in [-0.15, -0.1) is 0 Å². The summed E-state index contributed by atoms with van der Waals surface area (Å²) < 4.78 is 2.73. The number of hydrogen-bond donors (Lipinski definition) is 1. The number of likely N-dealkylation sites (tertiary alicyclic amines) is 1. The number of piperazine rings is 1. The van der Waals surface area contributed by atoms with Gasteiger partial charge in [0.1, 0.15) is 11.3 Å². The van der Waals surface area contributed by atoms with Crippen LogP contribution in [0.4, 0.5) is 5.82 Å². The van der Waals surface area contributed by atoms with Crippen molar-refractivity contribution in [2.24, 2.45) is 7.05 Å². The van der Waals surface area contributed by atoms with Crippen LogP contribution in [-0.2, 0) is 7.05 Å². The van der Waals surface area contributed by atoms with Crippen LogP contribution in [0.5, 0.6) is 0 Å². The zero-order chi connectivity index (χ0) is 19.6. The summed E-state index contributed by atoms with van der Waals surface area (Å²) in [4.78, 5) is 14.0. The van der Waals surface area contributed by atoms with Gasteiger partial charge in [0.05, 0.1) is 17.0 Å². The predicted octanol–water partition coefficient (Wildman–Crippen LogP) is 2.97. The van der Waals surface area contributed by atoms with E-state index in [2.05, 4.69) is 35.8 Å². The highest BCUT2D eigenvalue weighted by Crippen LogP contribution is 2.41. The summed E-state index contributed by atoms with van der Waals surface area (Å²) in [6.45, 7) is 4.42. The molecule has 7 nitrogen and oxygen atoms in total.